The summed E-state index contributed by atoms with van der Waals surface area (Å²) in [7, 11) is 3.22. The predicted octanol–water partition coefficient (Wildman–Crippen LogP) is 6.56. The molecule has 4 aromatic rings. The fourth-order valence-corrected chi connectivity index (χ4v) is 3.90. The lowest BCUT2D eigenvalue weighted by Crippen LogP contribution is -2.09. The molecule has 0 aliphatic heterocycles. The SMILES string of the molecule is CCOc1cc2occ(-c3ccccc3OC)c2cc1/C(C)=C/C(=O)Nc1ccccc1OC. The normalized spacial score (nSPS) is 11.4. The monoisotopic (exact) mass is 457 g/mol. The van der Waals surface area contributed by atoms with Crippen LogP contribution in [0, 0.1) is 0 Å². The number of hydrogen-bond acceptors (Lipinski definition) is 5. The van der Waals surface area contributed by atoms with E-state index in [9.17, 15) is 4.79 Å². The fourth-order valence-electron chi connectivity index (χ4n) is 3.90. The molecule has 0 fully saturated rings. The summed E-state index contributed by atoms with van der Waals surface area (Å²) in [5, 5.41) is 3.79. The number of ether oxygens (including phenoxy) is 3. The topological polar surface area (TPSA) is 69.9 Å². The Bertz CT molecular complexity index is 1350. The molecule has 34 heavy (non-hydrogen) atoms. The number of furan rings is 1. The lowest BCUT2D eigenvalue weighted by Gasteiger charge is -2.13. The van der Waals surface area contributed by atoms with Gasteiger partial charge in [0.15, 0.2) is 0 Å². The Balaban J connectivity index is 1.75. The molecular formula is C28H27NO5. The van der Waals surface area contributed by atoms with Gasteiger partial charge >= 0.3 is 0 Å². The van der Waals surface area contributed by atoms with E-state index < -0.39 is 0 Å². The second-order valence-corrected chi connectivity index (χ2v) is 7.64. The number of para-hydroxylation sites is 3. The highest BCUT2D eigenvalue weighted by Crippen LogP contribution is 2.40. The van der Waals surface area contributed by atoms with Crippen LogP contribution in [-0.4, -0.2) is 26.7 Å². The maximum absolute atomic E-state index is 12.8. The van der Waals surface area contributed by atoms with Crippen LogP contribution in [0.2, 0.25) is 0 Å². The van der Waals surface area contributed by atoms with E-state index >= 15 is 0 Å². The maximum atomic E-state index is 12.8. The van der Waals surface area contributed by atoms with Crippen molar-refractivity contribution in [1.82, 2.24) is 0 Å². The molecule has 1 aromatic heterocycles. The second-order valence-electron chi connectivity index (χ2n) is 7.64. The summed E-state index contributed by atoms with van der Waals surface area (Å²) in [6.07, 6.45) is 3.27. The first-order chi connectivity index (χ1) is 16.5. The van der Waals surface area contributed by atoms with Crippen LogP contribution in [0.4, 0.5) is 5.69 Å². The van der Waals surface area contributed by atoms with E-state index in [1.54, 1.807) is 38.7 Å². The van der Waals surface area contributed by atoms with Crippen LogP contribution in [0.15, 0.2) is 77.4 Å². The molecule has 4 rings (SSSR count). The fraction of sp³-hybridized carbons (Fsp3) is 0.179. The Morgan fingerprint density at radius 3 is 2.38 bits per heavy atom. The zero-order chi connectivity index (χ0) is 24.1. The average molecular weight is 458 g/mol. The minimum Gasteiger partial charge on any atom is -0.496 e. The van der Waals surface area contributed by atoms with Crippen molar-refractivity contribution < 1.29 is 23.4 Å². The van der Waals surface area contributed by atoms with Crippen LogP contribution in [0.25, 0.3) is 27.7 Å². The Labute approximate surface area is 198 Å². The molecule has 6 nitrogen and oxygen atoms in total. The van der Waals surface area contributed by atoms with Crippen LogP contribution < -0.4 is 19.5 Å². The second kappa shape index (κ2) is 10.2. The summed E-state index contributed by atoms with van der Waals surface area (Å²) in [5.74, 6) is 1.73. The van der Waals surface area contributed by atoms with Crippen LogP contribution in [0.5, 0.6) is 17.2 Å². The number of fused-ring (bicyclic) bond motifs is 1. The van der Waals surface area contributed by atoms with E-state index in [0.717, 1.165) is 33.4 Å². The molecule has 0 aliphatic rings. The highest BCUT2D eigenvalue weighted by atomic mass is 16.5. The van der Waals surface area contributed by atoms with Crippen LogP contribution in [0.3, 0.4) is 0 Å². The molecular weight excluding hydrogens is 430 g/mol. The highest BCUT2D eigenvalue weighted by Gasteiger charge is 2.17. The van der Waals surface area contributed by atoms with Crippen molar-refractivity contribution in [3.05, 3.63) is 78.6 Å². The van der Waals surface area contributed by atoms with Crippen molar-refractivity contribution >= 4 is 28.1 Å². The van der Waals surface area contributed by atoms with Gasteiger partial charge in [-0.1, -0.05) is 30.3 Å². The molecule has 6 heteroatoms. The Morgan fingerprint density at radius 2 is 1.65 bits per heavy atom. The van der Waals surface area contributed by atoms with Gasteiger partial charge in [0.05, 0.1) is 32.8 Å². The van der Waals surface area contributed by atoms with Crippen molar-refractivity contribution in [2.24, 2.45) is 0 Å². The van der Waals surface area contributed by atoms with E-state index in [2.05, 4.69) is 5.32 Å². The lowest BCUT2D eigenvalue weighted by molar-refractivity contribution is -0.111. The van der Waals surface area contributed by atoms with Crippen molar-refractivity contribution in [2.75, 3.05) is 26.1 Å². The minimum absolute atomic E-state index is 0.262. The van der Waals surface area contributed by atoms with Gasteiger partial charge in [0, 0.05) is 34.2 Å². The first-order valence-electron chi connectivity index (χ1n) is 11.0. The largest absolute Gasteiger partial charge is 0.496 e. The van der Waals surface area contributed by atoms with Gasteiger partial charge in [-0.3, -0.25) is 4.79 Å². The molecule has 0 unspecified atom stereocenters. The summed E-state index contributed by atoms with van der Waals surface area (Å²) in [4.78, 5) is 12.8. The predicted molar refractivity (Wildman–Crippen MR) is 135 cm³/mol. The van der Waals surface area contributed by atoms with Crippen molar-refractivity contribution in [1.29, 1.82) is 0 Å². The number of rotatable bonds is 8. The molecule has 174 valence electrons. The number of amides is 1. The van der Waals surface area contributed by atoms with E-state index in [0.29, 0.717) is 29.4 Å². The van der Waals surface area contributed by atoms with Gasteiger partial charge in [-0.15, -0.1) is 0 Å². The number of allylic oxidation sites excluding steroid dienone is 1. The molecule has 1 heterocycles. The molecule has 0 radical (unpaired) electrons. The summed E-state index contributed by atoms with van der Waals surface area (Å²) in [5.41, 5.74) is 4.69. The smallest absolute Gasteiger partial charge is 0.248 e. The number of methoxy groups -OCH3 is 2. The van der Waals surface area contributed by atoms with Gasteiger partial charge in [0.1, 0.15) is 22.8 Å². The van der Waals surface area contributed by atoms with Gasteiger partial charge in [0.25, 0.3) is 0 Å². The summed E-state index contributed by atoms with van der Waals surface area (Å²) in [6.45, 7) is 4.29. The quantitative estimate of drug-likeness (QED) is 0.304. The van der Waals surface area contributed by atoms with Gasteiger partial charge in [-0.25, -0.2) is 0 Å². The van der Waals surface area contributed by atoms with Crippen LogP contribution in [0.1, 0.15) is 19.4 Å². The number of nitrogens with one attached hydrogen (secondary N) is 1. The number of anilines is 1. The first-order valence-corrected chi connectivity index (χ1v) is 11.0. The van der Waals surface area contributed by atoms with Crippen molar-refractivity contribution in [3.63, 3.8) is 0 Å². The highest BCUT2D eigenvalue weighted by molar-refractivity contribution is 6.06. The Kier molecular flexibility index (Phi) is 6.87. The summed E-state index contributed by atoms with van der Waals surface area (Å²) in [6, 6.07) is 18.9. The van der Waals surface area contributed by atoms with Crippen LogP contribution in [-0.2, 0) is 4.79 Å². The third-order valence-electron chi connectivity index (χ3n) is 5.51. The molecule has 0 atom stereocenters. The molecule has 1 amide bonds. The van der Waals surface area contributed by atoms with Gasteiger partial charge < -0.3 is 23.9 Å². The summed E-state index contributed by atoms with van der Waals surface area (Å²) >= 11 is 0. The van der Waals surface area contributed by atoms with Crippen LogP contribution >= 0.6 is 0 Å². The van der Waals surface area contributed by atoms with Crippen molar-refractivity contribution in [2.45, 2.75) is 13.8 Å². The summed E-state index contributed by atoms with van der Waals surface area (Å²) < 4.78 is 22.6. The van der Waals surface area contributed by atoms with Crippen molar-refractivity contribution in [3.8, 4) is 28.4 Å². The molecule has 0 bridgehead atoms. The minimum atomic E-state index is -0.262. The number of benzene rings is 3. The van der Waals surface area contributed by atoms with E-state index in [4.69, 9.17) is 18.6 Å². The van der Waals surface area contributed by atoms with E-state index in [1.807, 2.05) is 62.4 Å². The van der Waals surface area contributed by atoms with Gasteiger partial charge in [-0.2, -0.15) is 0 Å². The Morgan fingerprint density at radius 1 is 0.941 bits per heavy atom. The molecule has 0 saturated heterocycles. The zero-order valence-corrected chi connectivity index (χ0v) is 19.7. The molecule has 3 aromatic carbocycles. The lowest BCUT2D eigenvalue weighted by atomic mass is 9.98. The standard InChI is InChI=1S/C28H27NO5/c1-5-33-26-16-27-21(22(17-34-27)19-10-6-8-12-24(19)31-3)15-20(26)18(2)14-28(30)29-23-11-7-9-13-25(23)32-4/h6-17H,5H2,1-4H3,(H,29,30)/b18-14+. The first kappa shape index (κ1) is 23.0. The molecule has 1 N–H and O–H groups in total. The zero-order valence-electron chi connectivity index (χ0n) is 19.7. The molecule has 0 aliphatic carbocycles. The average Bonchev–Trinajstić information content (AvgIpc) is 3.26. The Hall–Kier alpha value is -4.19. The number of carbonyl (C=O) groups excluding carboxylic acids is 1. The maximum Gasteiger partial charge on any atom is 0.248 e. The van der Waals surface area contributed by atoms with E-state index in [-0.39, 0.29) is 5.91 Å². The van der Waals surface area contributed by atoms with E-state index in [1.165, 1.54) is 0 Å². The molecule has 0 spiro atoms. The van der Waals surface area contributed by atoms with Gasteiger partial charge in [0.2, 0.25) is 5.91 Å². The third kappa shape index (κ3) is 4.62. The third-order valence-corrected chi connectivity index (χ3v) is 5.51. The number of carbonyl (C=O) groups is 1. The molecule has 0 saturated carbocycles. The van der Waals surface area contributed by atoms with Gasteiger partial charge in [-0.05, 0) is 43.7 Å². The number of hydrogen-bond donors (Lipinski definition) is 1.